The lowest BCUT2D eigenvalue weighted by Gasteiger charge is -2.43. The van der Waals surface area contributed by atoms with Crippen LogP contribution >= 0.6 is 0 Å². The van der Waals surface area contributed by atoms with Crippen molar-refractivity contribution < 1.29 is 23.4 Å². The first kappa shape index (κ1) is 34.1. The van der Waals surface area contributed by atoms with Crippen molar-refractivity contribution in [2.75, 3.05) is 13.7 Å². The Hall–Kier alpha value is -2.74. The molecule has 1 saturated heterocycles. The normalized spacial score (nSPS) is 20.1. The summed E-state index contributed by atoms with van der Waals surface area (Å²) < 4.78 is 31.4. The van der Waals surface area contributed by atoms with Crippen LogP contribution in [0.15, 0.2) is 97.1 Å². The molecule has 0 bridgehead atoms. The van der Waals surface area contributed by atoms with Crippen LogP contribution in [0.25, 0.3) is 0 Å². The molecule has 1 aliphatic heterocycles. The molecule has 0 aromatic heterocycles. The summed E-state index contributed by atoms with van der Waals surface area (Å²) in [5, 5.41) is 2.52. The van der Waals surface area contributed by atoms with Crippen molar-refractivity contribution in [3.8, 4) is 5.75 Å². The minimum atomic E-state index is -2.61. The van der Waals surface area contributed by atoms with Gasteiger partial charge in [0, 0.05) is 12.5 Å². The molecule has 4 atom stereocenters. The molecule has 0 aliphatic carbocycles. The minimum Gasteiger partial charge on any atom is -0.497 e. The Bertz CT molecular complexity index is 1260. The highest BCUT2D eigenvalue weighted by Gasteiger charge is 2.50. The number of rotatable bonds is 14. The van der Waals surface area contributed by atoms with Gasteiger partial charge in [-0.05, 0) is 66.7 Å². The van der Waals surface area contributed by atoms with Crippen LogP contribution in [-0.2, 0) is 25.2 Å². The number of benzene rings is 3. The van der Waals surface area contributed by atoms with E-state index in [1.165, 1.54) is 10.4 Å². The third kappa shape index (κ3) is 8.49. The van der Waals surface area contributed by atoms with Crippen LogP contribution in [0.3, 0.4) is 0 Å². The van der Waals surface area contributed by atoms with Gasteiger partial charge in [0.05, 0.1) is 32.0 Å². The number of ether oxygens (including phenoxy) is 4. The summed E-state index contributed by atoms with van der Waals surface area (Å²) in [7, 11) is -0.929. The molecule has 4 rings (SSSR count). The third-order valence-electron chi connectivity index (χ3n) is 8.48. The first-order valence-corrected chi connectivity index (χ1v) is 17.9. The van der Waals surface area contributed by atoms with Crippen molar-refractivity contribution in [1.29, 1.82) is 0 Å². The van der Waals surface area contributed by atoms with Crippen LogP contribution in [0.4, 0.5) is 0 Å². The summed E-state index contributed by atoms with van der Waals surface area (Å²) in [4.78, 5) is 0. The van der Waals surface area contributed by atoms with E-state index < -0.39 is 14.1 Å². The third-order valence-corrected chi connectivity index (χ3v) is 13.5. The average Bonchev–Trinajstić information content (AvgIpc) is 3.32. The average molecular weight is 617 g/mol. The smallest absolute Gasteiger partial charge is 0.261 e. The molecule has 1 heterocycles. The zero-order valence-electron chi connectivity index (χ0n) is 27.9. The molecule has 3 aromatic rings. The quantitative estimate of drug-likeness (QED) is 0.137. The molecular formula is C38H52O5Si. The Morgan fingerprint density at radius 3 is 2.00 bits per heavy atom. The van der Waals surface area contributed by atoms with Crippen LogP contribution in [0.1, 0.15) is 66.9 Å². The Kier molecular flexibility index (Phi) is 11.7. The van der Waals surface area contributed by atoms with Gasteiger partial charge in [0.1, 0.15) is 5.75 Å². The Balaban J connectivity index is 1.40. The van der Waals surface area contributed by atoms with Gasteiger partial charge >= 0.3 is 0 Å². The molecule has 0 spiro atoms. The molecule has 0 N–H and O–H groups in total. The van der Waals surface area contributed by atoms with E-state index in [-0.39, 0.29) is 29.3 Å². The second-order valence-corrected chi connectivity index (χ2v) is 17.7. The van der Waals surface area contributed by atoms with E-state index in [1.54, 1.807) is 7.11 Å². The minimum absolute atomic E-state index is 0.0560. The maximum absolute atomic E-state index is 7.18. The van der Waals surface area contributed by atoms with Gasteiger partial charge in [-0.15, -0.1) is 0 Å². The summed E-state index contributed by atoms with van der Waals surface area (Å²) >= 11 is 0. The van der Waals surface area contributed by atoms with Gasteiger partial charge in [0.25, 0.3) is 8.32 Å². The van der Waals surface area contributed by atoms with Crippen LogP contribution in [-0.4, -0.2) is 46.1 Å². The van der Waals surface area contributed by atoms with Crippen molar-refractivity contribution in [2.24, 2.45) is 5.92 Å². The maximum atomic E-state index is 7.18. The van der Waals surface area contributed by atoms with Crippen molar-refractivity contribution in [3.05, 3.63) is 103 Å². The fraction of sp³-hybridized carbons (Fsp3) is 0.474. The van der Waals surface area contributed by atoms with E-state index in [2.05, 4.69) is 107 Å². The van der Waals surface area contributed by atoms with E-state index in [9.17, 15) is 0 Å². The van der Waals surface area contributed by atoms with Crippen molar-refractivity contribution >= 4 is 18.7 Å². The van der Waals surface area contributed by atoms with Crippen LogP contribution < -0.4 is 15.1 Å². The highest BCUT2D eigenvalue weighted by Crippen LogP contribution is 2.38. The molecule has 44 heavy (non-hydrogen) atoms. The van der Waals surface area contributed by atoms with Crippen molar-refractivity contribution in [2.45, 2.75) is 97.1 Å². The summed E-state index contributed by atoms with van der Waals surface area (Å²) in [6.07, 6.45) is 6.05. The highest BCUT2D eigenvalue weighted by atomic mass is 28.4. The van der Waals surface area contributed by atoms with Gasteiger partial charge in [0.2, 0.25) is 0 Å². The second-order valence-electron chi connectivity index (χ2n) is 13.4. The second kappa shape index (κ2) is 15.0. The van der Waals surface area contributed by atoms with Gasteiger partial charge in [-0.1, -0.05) is 113 Å². The van der Waals surface area contributed by atoms with Gasteiger partial charge in [-0.3, -0.25) is 0 Å². The summed E-state index contributed by atoms with van der Waals surface area (Å²) in [5.74, 6) is 0.403. The molecule has 0 saturated carbocycles. The van der Waals surface area contributed by atoms with Crippen molar-refractivity contribution in [1.82, 2.24) is 0 Å². The lowest BCUT2D eigenvalue weighted by Crippen LogP contribution is -2.66. The molecule has 0 amide bonds. The number of methoxy groups -OCH3 is 1. The standard InChI is InChI=1S/C38H52O5Si/c1-29(16-15-17-30(2)40-28-31-22-24-32(39-8)25-23-31)36-35(42-38(6,7)43-36)26-27-41-44(37(3,4)5,33-18-11-9-12-19-33)34-20-13-10-14-21-34/h9-16,18-25,29-30,35-36H,17,26-28H2,1-8H3/b16-15-/t29?,30-,35-,36-/m1/s1. The Labute approximate surface area is 266 Å². The highest BCUT2D eigenvalue weighted by molar-refractivity contribution is 6.99. The van der Waals surface area contributed by atoms with E-state index in [4.69, 9.17) is 23.4 Å². The monoisotopic (exact) mass is 616 g/mol. The maximum Gasteiger partial charge on any atom is 0.261 e. The Morgan fingerprint density at radius 1 is 0.864 bits per heavy atom. The summed E-state index contributed by atoms with van der Waals surface area (Å²) in [5.41, 5.74) is 1.14. The van der Waals surface area contributed by atoms with Gasteiger partial charge in [-0.2, -0.15) is 0 Å². The zero-order chi connectivity index (χ0) is 31.8. The lowest BCUT2D eigenvalue weighted by atomic mass is 9.97. The lowest BCUT2D eigenvalue weighted by molar-refractivity contribution is -0.149. The van der Waals surface area contributed by atoms with Gasteiger partial charge < -0.3 is 23.4 Å². The molecule has 1 aliphatic rings. The molecule has 3 aromatic carbocycles. The molecule has 1 unspecified atom stereocenters. The predicted octanol–water partition coefficient (Wildman–Crippen LogP) is 7.67. The van der Waals surface area contributed by atoms with Crippen molar-refractivity contribution in [3.63, 3.8) is 0 Å². The first-order chi connectivity index (χ1) is 20.9. The van der Waals surface area contributed by atoms with Gasteiger partial charge in [0.15, 0.2) is 5.79 Å². The van der Waals surface area contributed by atoms with E-state index in [0.29, 0.717) is 13.2 Å². The summed E-state index contributed by atoms with van der Waals surface area (Å²) in [6, 6.07) is 29.6. The fourth-order valence-corrected chi connectivity index (χ4v) is 10.8. The molecule has 0 radical (unpaired) electrons. The van der Waals surface area contributed by atoms with Crippen LogP contribution in [0.5, 0.6) is 5.75 Å². The number of hydrogen-bond acceptors (Lipinski definition) is 5. The van der Waals surface area contributed by atoms with E-state index in [1.807, 2.05) is 38.1 Å². The number of hydrogen-bond donors (Lipinski definition) is 0. The topological polar surface area (TPSA) is 46.2 Å². The van der Waals surface area contributed by atoms with Gasteiger partial charge in [-0.25, -0.2) is 0 Å². The van der Waals surface area contributed by atoms with Crippen LogP contribution in [0.2, 0.25) is 5.04 Å². The van der Waals surface area contributed by atoms with E-state index in [0.717, 1.165) is 24.2 Å². The predicted molar refractivity (Wildman–Crippen MR) is 182 cm³/mol. The molecule has 5 nitrogen and oxygen atoms in total. The zero-order valence-corrected chi connectivity index (χ0v) is 28.9. The van der Waals surface area contributed by atoms with E-state index >= 15 is 0 Å². The van der Waals surface area contributed by atoms with Crippen LogP contribution in [0, 0.1) is 5.92 Å². The fourth-order valence-electron chi connectivity index (χ4n) is 6.24. The molecule has 238 valence electrons. The molecule has 6 heteroatoms. The Morgan fingerprint density at radius 2 is 1.45 bits per heavy atom. The molecular weight excluding hydrogens is 564 g/mol. The molecule has 1 fully saturated rings. The largest absolute Gasteiger partial charge is 0.497 e. The first-order valence-electron chi connectivity index (χ1n) is 16.0. The summed E-state index contributed by atoms with van der Waals surface area (Å²) in [6.45, 7) is 16.5. The SMILES string of the molecule is COc1ccc(CO[C@H](C)C/C=C\C(C)[C@H]2OC(C)(C)O[C@@H]2CCO[Si](c2ccccc2)(c2ccccc2)C(C)(C)C)cc1.